The summed E-state index contributed by atoms with van der Waals surface area (Å²) in [5.41, 5.74) is 0.759. The maximum atomic E-state index is 8.97. The Morgan fingerprint density at radius 1 is 1.31 bits per heavy atom. The predicted octanol–water partition coefficient (Wildman–Crippen LogP) is 0.901. The Morgan fingerprint density at radius 3 is 2.81 bits per heavy atom. The summed E-state index contributed by atoms with van der Waals surface area (Å²) >= 11 is 0. The third kappa shape index (κ3) is 2.20. The molecule has 2 rings (SSSR count). The van der Waals surface area contributed by atoms with Crippen molar-refractivity contribution in [2.24, 2.45) is 0 Å². The Balaban J connectivity index is 2.30. The van der Waals surface area contributed by atoms with Gasteiger partial charge >= 0.3 is 7.12 Å². The van der Waals surface area contributed by atoms with Gasteiger partial charge < -0.3 is 19.2 Å². The van der Waals surface area contributed by atoms with E-state index >= 15 is 0 Å². The lowest BCUT2D eigenvalue weighted by Gasteiger charge is -2.02. The van der Waals surface area contributed by atoms with E-state index in [1.165, 1.54) is 0 Å². The number of rotatable bonds is 4. The van der Waals surface area contributed by atoms with Crippen LogP contribution in [0.5, 0.6) is 5.75 Å². The molecule has 0 saturated carbocycles. The first-order valence-electron chi connectivity index (χ1n) is 5.23. The SMILES string of the molecule is CCCOc1ccc2oc(B(O)O)cc2c1. The van der Waals surface area contributed by atoms with Gasteiger partial charge in [0, 0.05) is 5.39 Å². The molecule has 0 saturated heterocycles. The van der Waals surface area contributed by atoms with E-state index in [1.54, 1.807) is 18.2 Å². The molecule has 0 aliphatic carbocycles. The van der Waals surface area contributed by atoms with E-state index in [2.05, 4.69) is 0 Å². The van der Waals surface area contributed by atoms with Gasteiger partial charge in [-0.2, -0.15) is 0 Å². The average Bonchev–Trinajstić information content (AvgIpc) is 2.69. The summed E-state index contributed by atoms with van der Waals surface area (Å²) in [7, 11) is -1.58. The van der Waals surface area contributed by atoms with Crippen molar-refractivity contribution in [3.8, 4) is 5.75 Å². The molecule has 0 bridgehead atoms. The summed E-state index contributed by atoms with van der Waals surface area (Å²) in [6.07, 6.45) is 0.948. The smallest absolute Gasteiger partial charge is 0.494 e. The molecule has 0 fully saturated rings. The minimum absolute atomic E-state index is 0.141. The number of ether oxygens (including phenoxy) is 1. The second-order valence-corrected chi connectivity index (χ2v) is 3.57. The van der Waals surface area contributed by atoms with Crippen LogP contribution in [-0.4, -0.2) is 23.8 Å². The fourth-order valence-corrected chi connectivity index (χ4v) is 1.48. The Bertz CT molecular complexity index is 478. The maximum absolute atomic E-state index is 8.97. The average molecular weight is 220 g/mol. The molecule has 0 aliphatic rings. The monoisotopic (exact) mass is 220 g/mol. The summed E-state index contributed by atoms with van der Waals surface area (Å²) in [5.74, 6) is 0.758. The number of hydrogen-bond donors (Lipinski definition) is 2. The summed E-state index contributed by atoms with van der Waals surface area (Å²) in [6.45, 7) is 2.70. The molecule has 16 heavy (non-hydrogen) atoms. The molecule has 0 aliphatic heterocycles. The van der Waals surface area contributed by atoms with Crippen molar-refractivity contribution >= 4 is 23.7 Å². The lowest BCUT2D eigenvalue weighted by atomic mass is 9.88. The van der Waals surface area contributed by atoms with Crippen molar-refractivity contribution in [2.45, 2.75) is 13.3 Å². The van der Waals surface area contributed by atoms with Crippen molar-refractivity contribution in [3.05, 3.63) is 24.3 Å². The van der Waals surface area contributed by atoms with Gasteiger partial charge in [0.25, 0.3) is 0 Å². The van der Waals surface area contributed by atoms with Crippen molar-refractivity contribution in [2.75, 3.05) is 6.61 Å². The molecule has 0 atom stereocenters. The Morgan fingerprint density at radius 2 is 2.12 bits per heavy atom. The minimum atomic E-state index is -1.58. The molecule has 5 heteroatoms. The Labute approximate surface area is 93.6 Å². The van der Waals surface area contributed by atoms with Crippen LogP contribution < -0.4 is 10.4 Å². The second kappa shape index (κ2) is 4.59. The van der Waals surface area contributed by atoms with Crippen molar-refractivity contribution in [1.29, 1.82) is 0 Å². The topological polar surface area (TPSA) is 62.8 Å². The summed E-state index contributed by atoms with van der Waals surface area (Å²) in [6, 6.07) is 6.97. The van der Waals surface area contributed by atoms with Gasteiger partial charge in [-0.1, -0.05) is 6.92 Å². The molecule has 84 valence electrons. The molecule has 4 nitrogen and oxygen atoms in total. The molecular weight excluding hydrogens is 207 g/mol. The Hall–Kier alpha value is -1.46. The quantitative estimate of drug-likeness (QED) is 0.751. The first kappa shape index (κ1) is 11.0. The van der Waals surface area contributed by atoms with E-state index in [0.717, 1.165) is 17.6 Å². The molecular formula is C11H13BO4. The molecule has 1 aromatic carbocycles. The summed E-state index contributed by atoms with van der Waals surface area (Å²) in [5, 5.41) is 18.7. The van der Waals surface area contributed by atoms with E-state index in [0.29, 0.717) is 12.2 Å². The molecule has 2 aromatic rings. The fourth-order valence-electron chi connectivity index (χ4n) is 1.48. The minimum Gasteiger partial charge on any atom is -0.494 e. The third-order valence-electron chi connectivity index (χ3n) is 2.23. The van der Waals surface area contributed by atoms with Crippen LogP contribution in [0.15, 0.2) is 28.7 Å². The van der Waals surface area contributed by atoms with E-state index < -0.39 is 7.12 Å². The highest BCUT2D eigenvalue weighted by Gasteiger charge is 2.16. The van der Waals surface area contributed by atoms with Crippen LogP contribution in [0, 0.1) is 0 Å². The van der Waals surface area contributed by atoms with E-state index in [-0.39, 0.29) is 5.66 Å². The number of fused-ring (bicyclic) bond motifs is 1. The molecule has 1 aromatic heterocycles. The molecule has 0 radical (unpaired) electrons. The van der Waals surface area contributed by atoms with E-state index in [9.17, 15) is 0 Å². The van der Waals surface area contributed by atoms with Gasteiger partial charge in [-0.15, -0.1) is 0 Å². The highest BCUT2D eigenvalue weighted by atomic mass is 16.5. The molecule has 2 N–H and O–H groups in total. The van der Waals surface area contributed by atoms with Gasteiger partial charge in [-0.25, -0.2) is 0 Å². The van der Waals surface area contributed by atoms with Crippen molar-refractivity contribution < 1.29 is 19.2 Å². The summed E-state index contributed by atoms with van der Waals surface area (Å²) in [4.78, 5) is 0. The Kier molecular flexibility index (Phi) is 3.17. The zero-order chi connectivity index (χ0) is 11.5. The highest BCUT2D eigenvalue weighted by Crippen LogP contribution is 2.21. The van der Waals surface area contributed by atoms with Crippen LogP contribution in [0.2, 0.25) is 0 Å². The second-order valence-electron chi connectivity index (χ2n) is 3.57. The maximum Gasteiger partial charge on any atom is 0.526 e. The first-order chi connectivity index (χ1) is 7.70. The van der Waals surface area contributed by atoms with Gasteiger partial charge in [-0.05, 0) is 30.7 Å². The normalized spacial score (nSPS) is 10.7. The van der Waals surface area contributed by atoms with Crippen LogP contribution in [0.3, 0.4) is 0 Å². The zero-order valence-electron chi connectivity index (χ0n) is 9.01. The predicted molar refractivity (Wildman–Crippen MR) is 61.8 cm³/mol. The van der Waals surface area contributed by atoms with Gasteiger partial charge in [0.15, 0.2) is 0 Å². The number of furan rings is 1. The van der Waals surface area contributed by atoms with Crippen LogP contribution >= 0.6 is 0 Å². The molecule has 0 unspecified atom stereocenters. The van der Waals surface area contributed by atoms with Gasteiger partial charge in [0.2, 0.25) is 0 Å². The van der Waals surface area contributed by atoms with E-state index in [4.69, 9.17) is 19.2 Å². The number of benzene rings is 1. The van der Waals surface area contributed by atoms with Gasteiger partial charge in [0.1, 0.15) is 17.0 Å². The van der Waals surface area contributed by atoms with Crippen LogP contribution in [0.1, 0.15) is 13.3 Å². The zero-order valence-corrected chi connectivity index (χ0v) is 9.01. The molecule has 0 amide bonds. The number of hydrogen-bond acceptors (Lipinski definition) is 4. The van der Waals surface area contributed by atoms with Crippen molar-refractivity contribution in [3.63, 3.8) is 0 Å². The standard InChI is InChI=1S/C11H13BO4/c1-2-5-15-9-3-4-10-8(6-9)7-11(16-10)12(13)14/h3-4,6-7,13-14H,2,5H2,1H3. The third-order valence-corrected chi connectivity index (χ3v) is 2.23. The molecule has 0 spiro atoms. The van der Waals surface area contributed by atoms with Crippen LogP contribution in [-0.2, 0) is 0 Å². The lowest BCUT2D eigenvalue weighted by molar-refractivity contribution is 0.318. The van der Waals surface area contributed by atoms with Gasteiger partial charge in [0.05, 0.1) is 6.61 Å². The summed E-state index contributed by atoms with van der Waals surface area (Å²) < 4.78 is 10.7. The lowest BCUT2D eigenvalue weighted by Crippen LogP contribution is -2.27. The first-order valence-corrected chi connectivity index (χ1v) is 5.23. The van der Waals surface area contributed by atoms with E-state index in [1.807, 2.05) is 13.0 Å². The molecule has 1 heterocycles. The van der Waals surface area contributed by atoms with Gasteiger partial charge in [-0.3, -0.25) is 0 Å². The van der Waals surface area contributed by atoms with Crippen LogP contribution in [0.4, 0.5) is 0 Å². The largest absolute Gasteiger partial charge is 0.526 e. The fraction of sp³-hybridized carbons (Fsp3) is 0.273. The highest BCUT2D eigenvalue weighted by molar-refractivity contribution is 6.57. The van der Waals surface area contributed by atoms with Crippen molar-refractivity contribution in [1.82, 2.24) is 0 Å². The van der Waals surface area contributed by atoms with Crippen LogP contribution in [0.25, 0.3) is 11.0 Å².